The predicted octanol–water partition coefficient (Wildman–Crippen LogP) is 3.08. The Morgan fingerprint density at radius 2 is 1.62 bits per heavy atom. The summed E-state index contributed by atoms with van der Waals surface area (Å²) in [6.07, 6.45) is 2.37. The first-order valence-corrected chi connectivity index (χ1v) is 9.11. The lowest BCUT2D eigenvalue weighted by atomic mass is 10.3. The number of rotatable bonds is 7. The van der Waals surface area contributed by atoms with Gasteiger partial charge in [-0.1, -0.05) is 0 Å². The Kier molecular flexibility index (Phi) is 4.53. The smallest absolute Gasteiger partial charge is 0.265 e. The van der Waals surface area contributed by atoms with Gasteiger partial charge in [-0.3, -0.25) is 4.72 Å². The lowest BCUT2D eigenvalue weighted by molar-refractivity contribution is 0.392. The Balaban J connectivity index is 1.82. The van der Waals surface area contributed by atoms with E-state index in [1.54, 1.807) is 24.3 Å². The largest absolute Gasteiger partial charge is 0.497 e. The van der Waals surface area contributed by atoms with Gasteiger partial charge in [-0.15, -0.1) is 0 Å². The van der Waals surface area contributed by atoms with Crippen LogP contribution in [0.2, 0.25) is 0 Å². The average Bonchev–Trinajstić information content (AvgIpc) is 3.40. The van der Waals surface area contributed by atoms with E-state index >= 15 is 0 Å². The summed E-state index contributed by atoms with van der Waals surface area (Å²) in [6, 6.07) is 12.4. The second-order valence-electron chi connectivity index (χ2n) is 5.62. The molecule has 1 saturated carbocycles. The fourth-order valence-corrected chi connectivity index (χ4v) is 3.55. The van der Waals surface area contributed by atoms with Crippen molar-refractivity contribution in [1.82, 2.24) is 0 Å². The highest BCUT2D eigenvalue weighted by molar-refractivity contribution is 7.92. The molecule has 6 nitrogen and oxygen atoms in total. The van der Waals surface area contributed by atoms with E-state index in [1.807, 2.05) is 12.1 Å². The minimum Gasteiger partial charge on any atom is -0.497 e. The third kappa shape index (κ3) is 3.73. The van der Waals surface area contributed by atoms with Crippen LogP contribution < -0.4 is 19.5 Å². The molecular weight excluding hydrogens is 328 g/mol. The van der Waals surface area contributed by atoms with Crippen LogP contribution in [0.5, 0.6) is 11.5 Å². The second kappa shape index (κ2) is 6.60. The van der Waals surface area contributed by atoms with Crippen molar-refractivity contribution < 1.29 is 17.9 Å². The third-order valence-electron chi connectivity index (χ3n) is 3.75. The zero-order valence-corrected chi connectivity index (χ0v) is 14.4. The van der Waals surface area contributed by atoms with E-state index in [2.05, 4.69) is 10.0 Å². The summed E-state index contributed by atoms with van der Waals surface area (Å²) in [6.45, 7) is 0. The van der Waals surface area contributed by atoms with Gasteiger partial charge < -0.3 is 14.8 Å². The summed E-state index contributed by atoms with van der Waals surface area (Å²) in [5.41, 5.74) is 1.47. The van der Waals surface area contributed by atoms with Crippen LogP contribution in [0.1, 0.15) is 12.8 Å². The van der Waals surface area contributed by atoms with Gasteiger partial charge in [-0.2, -0.15) is 0 Å². The standard InChI is InChI=1S/C17H20N2O4S/c1-22-15-9-10-16(23-2)17(11-15)24(20,21)19-14-7-5-13(6-8-14)18-12-3-4-12/h5-12,18-19H,3-4H2,1-2H3. The first kappa shape index (κ1) is 16.4. The van der Waals surface area contributed by atoms with E-state index in [0.717, 1.165) is 5.69 Å². The minimum atomic E-state index is -3.79. The number of hydrogen-bond acceptors (Lipinski definition) is 5. The maximum absolute atomic E-state index is 12.7. The molecule has 0 unspecified atom stereocenters. The number of nitrogens with one attached hydrogen (secondary N) is 2. The van der Waals surface area contributed by atoms with Gasteiger partial charge in [-0.25, -0.2) is 8.42 Å². The van der Waals surface area contributed by atoms with Gasteiger partial charge in [0.1, 0.15) is 16.4 Å². The Hall–Kier alpha value is -2.41. The number of hydrogen-bond donors (Lipinski definition) is 2. The molecule has 24 heavy (non-hydrogen) atoms. The van der Waals surface area contributed by atoms with Crippen molar-refractivity contribution in [2.24, 2.45) is 0 Å². The van der Waals surface area contributed by atoms with Crippen LogP contribution in [-0.2, 0) is 10.0 Å². The summed E-state index contributed by atoms with van der Waals surface area (Å²) in [5, 5.41) is 3.36. The number of anilines is 2. The van der Waals surface area contributed by atoms with Gasteiger partial charge in [-0.05, 0) is 49.2 Å². The topological polar surface area (TPSA) is 76.7 Å². The number of sulfonamides is 1. The zero-order chi connectivity index (χ0) is 17.2. The van der Waals surface area contributed by atoms with Crippen molar-refractivity contribution in [3.63, 3.8) is 0 Å². The molecule has 1 aliphatic rings. The van der Waals surface area contributed by atoms with Crippen molar-refractivity contribution in [3.8, 4) is 11.5 Å². The number of benzene rings is 2. The average molecular weight is 348 g/mol. The minimum absolute atomic E-state index is 0.0320. The van der Waals surface area contributed by atoms with E-state index in [1.165, 1.54) is 33.1 Å². The lowest BCUT2D eigenvalue weighted by Gasteiger charge is -2.13. The lowest BCUT2D eigenvalue weighted by Crippen LogP contribution is -2.14. The third-order valence-corrected chi connectivity index (χ3v) is 5.15. The maximum Gasteiger partial charge on any atom is 0.265 e. The summed E-state index contributed by atoms with van der Waals surface area (Å²) >= 11 is 0. The molecule has 0 radical (unpaired) electrons. The molecule has 0 amide bonds. The molecule has 1 aliphatic carbocycles. The van der Waals surface area contributed by atoms with Crippen molar-refractivity contribution in [2.75, 3.05) is 24.3 Å². The van der Waals surface area contributed by atoms with Crippen molar-refractivity contribution >= 4 is 21.4 Å². The molecule has 2 aromatic carbocycles. The van der Waals surface area contributed by atoms with Crippen LogP contribution in [-0.4, -0.2) is 28.7 Å². The highest BCUT2D eigenvalue weighted by Gasteiger charge is 2.22. The summed E-state index contributed by atoms with van der Waals surface area (Å²) in [5.74, 6) is 0.704. The van der Waals surface area contributed by atoms with Gasteiger partial charge in [0.05, 0.1) is 14.2 Å². The summed E-state index contributed by atoms with van der Waals surface area (Å²) < 4.78 is 38.1. The van der Waals surface area contributed by atoms with Crippen LogP contribution in [0.3, 0.4) is 0 Å². The molecular formula is C17H20N2O4S. The molecule has 0 spiro atoms. The quantitative estimate of drug-likeness (QED) is 0.804. The summed E-state index contributed by atoms with van der Waals surface area (Å²) in [4.78, 5) is 0.0320. The molecule has 0 bridgehead atoms. The molecule has 0 saturated heterocycles. The first-order valence-electron chi connectivity index (χ1n) is 7.63. The van der Waals surface area contributed by atoms with E-state index in [-0.39, 0.29) is 10.6 Å². The second-order valence-corrected chi connectivity index (χ2v) is 7.27. The van der Waals surface area contributed by atoms with E-state index in [0.29, 0.717) is 17.5 Å². The number of methoxy groups -OCH3 is 2. The fourth-order valence-electron chi connectivity index (χ4n) is 2.30. The van der Waals surface area contributed by atoms with E-state index in [4.69, 9.17) is 9.47 Å². The first-order chi connectivity index (χ1) is 11.5. The molecule has 0 aliphatic heterocycles. The van der Waals surface area contributed by atoms with Crippen LogP contribution in [0.4, 0.5) is 11.4 Å². The molecule has 2 aromatic rings. The molecule has 3 rings (SSSR count). The van der Waals surface area contributed by atoms with Crippen LogP contribution >= 0.6 is 0 Å². The maximum atomic E-state index is 12.7. The van der Waals surface area contributed by atoms with Gasteiger partial charge in [0.25, 0.3) is 10.0 Å². The Bertz CT molecular complexity index is 815. The molecule has 0 heterocycles. The Morgan fingerprint density at radius 3 is 2.21 bits per heavy atom. The van der Waals surface area contributed by atoms with Crippen LogP contribution in [0.15, 0.2) is 47.4 Å². The molecule has 0 aromatic heterocycles. The Labute approximate surface area is 141 Å². The monoisotopic (exact) mass is 348 g/mol. The highest BCUT2D eigenvalue weighted by Crippen LogP contribution is 2.30. The Morgan fingerprint density at radius 1 is 0.958 bits per heavy atom. The van der Waals surface area contributed by atoms with Gasteiger partial charge in [0.15, 0.2) is 0 Å². The van der Waals surface area contributed by atoms with Gasteiger partial charge in [0, 0.05) is 23.5 Å². The zero-order valence-electron chi connectivity index (χ0n) is 13.6. The normalized spacial score (nSPS) is 14.1. The predicted molar refractivity (Wildman–Crippen MR) is 93.4 cm³/mol. The van der Waals surface area contributed by atoms with Crippen molar-refractivity contribution in [3.05, 3.63) is 42.5 Å². The molecule has 2 N–H and O–H groups in total. The van der Waals surface area contributed by atoms with Gasteiger partial charge >= 0.3 is 0 Å². The van der Waals surface area contributed by atoms with Crippen LogP contribution in [0, 0.1) is 0 Å². The fraction of sp³-hybridized carbons (Fsp3) is 0.294. The van der Waals surface area contributed by atoms with Gasteiger partial charge in [0.2, 0.25) is 0 Å². The SMILES string of the molecule is COc1ccc(OC)c(S(=O)(=O)Nc2ccc(NC3CC3)cc2)c1. The molecule has 1 fully saturated rings. The van der Waals surface area contributed by atoms with E-state index in [9.17, 15) is 8.42 Å². The highest BCUT2D eigenvalue weighted by atomic mass is 32.2. The van der Waals surface area contributed by atoms with E-state index < -0.39 is 10.0 Å². The molecule has 0 atom stereocenters. The summed E-state index contributed by atoms with van der Waals surface area (Å²) in [7, 11) is -0.875. The molecule has 7 heteroatoms. The van der Waals surface area contributed by atoms with Crippen LogP contribution in [0.25, 0.3) is 0 Å². The van der Waals surface area contributed by atoms with Crippen molar-refractivity contribution in [1.29, 1.82) is 0 Å². The number of ether oxygens (including phenoxy) is 2. The van der Waals surface area contributed by atoms with Crippen molar-refractivity contribution in [2.45, 2.75) is 23.8 Å². The molecule has 128 valence electrons.